The molecule has 1 N–H and O–H groups in total. The van der Waals surface area contributed by atoms with Crippen molar-refractivity contribution in [2.45, 2.75) is 82.3 Å². The van der Waals surface area contributed by atoms with Crippen LogP contribution >= 0.6 is 0 Å². The average molecular weight is 463 g/mol. The first-order chi connectivity index (χ1) is 15.9. The van der Waals surface area contributed by atoms with Crippen LogP contribution in [0.4, 0.5) is 0 Å². The summed E-state index contributed by atoms with van der Waals surface area (Å²) in [6.07, 6.45) is 4.92. The molecular formula is C24H32NO8+. The van der Waals surface area contributed by atoms with Crippen LogP contribution in [0.2, 0.25) is 0 Å². The first-order valence-electron chi connectivity index (χ1n) is 11.8. The van der Waals surface area contributed by atoms with Gasteiger partial charge in [0.25, 0.3) is 0 Å². The van der Waals surface area contributed by atoms with Gasteiger partial charge < -0.3 is 14.2 Å². The Hall–Kier alpha value is -2.84. The maximum absolute atomic E-state index is 13.0. The van der Waals surface area contributed by atoms with Gasteiger partial charge in [0.05, 0.1) is 13.0 Å². The van der Waals surface area contributed by atoms with E-state index in [9.17, 15) is 14.5 Å². The number of carbonyl (C=O) groups is 2. The van der Waals surface area contributed by atoms with Gasteiger partial charge in [0.1, 0.15) is 10.5 Å². The number of methoxy groups -OCH3 is 1. The molecule has 9 nitrogen and oxygen atoms in total. The summed E-state index contributed by atoms with van der Waals surface area (Å²) in [4.78, 5) is 40.7. The van der Waals surface area contributed by atoms with E-state index in [0.29, 0.717) is 37.2 Å². The van der Waals surface area contributed by atoms with Gasteiger partial charge in [-0.3, -0.25) is 9.59 Å². The van der Waals surface area contributed by atoms with Crippen LogP contribution in [0.25, 0.3) is 0 Å². The van der Waals surface area contributed by atoms with Gasteiger partial charge in [-0.1, -0.05) is 25.8 Å². The van der Waals surface area contributed by atoms with E-state index in [0.717, 1.165) is 36.8 Å². The zero-order valence-corrected chi connectivity index (χ0v) is 19.2. The number of ether oxygens (including phenoxy) is 3. The van der Waals surface area contributed by atoms with Crippen LogP contribution in [0.3, 0.4) is 0 Å². The molecule has 0 amide bonds. The first-order valence-corrected chi connectivity index (χ1v) is 11.8. The van der Waals surface area contributed by atoms with Gasteiger partial charge in [-0.15, -0.1) is 0 Å². The lowest BCUT2D eigenvalue weighted by molar-refractivity contribution is -0.975. The Balaban J connectivity index is 1.62. The van der Waals surface area contributed by atoms with Crippen LogP contribution in [0.15, 0.2) is 12.1 Å². The molecule has 3 aliphatic rings. The van der Waals surface area contributed by atoms with E-state index in [1.54, 1.807) is 7.11 Å². The van der Waals surface area contributed by atoms with Gasteiger partial charge in [0.15, 0.2) is 30.0 Å². The third-order valence-electron chi connectivity index (χ3n) is 7.28. The Morgan fingerprint density at radius 1 is 1.30 bits per heavy atom. The van der Waals surface area contributed by atoms with Crippen molar-refractivity contribution in [1.29, 1.82) is 0 Å². The molecule has 0 spiro atoms. The molecule has 4 rings (SSSR count). The van der Waals surface area contributed by atoms with Crippen LogP contribution in [-0.4, -0.2) is 47.5 Å². The van der Waals surface area contributed by atoms with Gasteiger partial charge in [0.2, 0.25) is 0 Å². The van der Waals surface area contributed by atoms with Gasteiger partial charge in [-0.05, 0) is 43.7 Å². The molecule has 1 aromatic rings. The number of hydrogen-bond donors (Lipinski definition) is 1. The monoisotopic (exact) mass is 462 g/mol. The lowest BCUT2D eigenvalue weighted by Gasteiger charge is -2.51. The molecule has 1 heterocycles. The Morgan fingerprint density at radius 2 is 2.12 bits per heavy atom. The Kier molecular flexibility index (Phi) is 6.76. The van der Waals surface area contributed by atoms with Crippen molar-refractivity contribution in [3.63, 3.8) is 0 Å². The van der Waals surface area contributed by atoms with Crippen molar-refractivity contribution in [2.24, 2.45) is 5.92 Å². The second-order valence-electron chi connectivity index (χ2n) is 9.15. The molecule has 1 fully saturated rings. The number of unbranched alkanes of at least 4 members (excludes halogenated alkanes) is 2. The third-order valence-corrected chi connectivity index (χ3v) is 7.28. The standard InChI is InChI=1S/C24H32NO8/c1-3-4-7-16-14-15-9-10-18(30-2)23-20(15)21-22(32-23)17(26)11-12-24(16,21)33-19(27)8-5-6-13-31-25(28)29/h9-10,16,21-22H,3-8,11-14H2,1-2H3,(H,28,29)/q+1/t16-,21?,22+,24?/m1/s1. The number of ketones is 1. The zero-order chi connectivity index (χ0) is 23.6. The largest absolute Gasteiger partial charge is 0.493 e. The number of nitrogens with zero attached hydrogens (tertiary/aromatic N) is 1. The SMILES string of the molecule is CCCC[C@@H]1Cc2ccc(OC)c3c2C2[C@@H](O3)C(=O)CCC21OC(=O)CCCCO[N+](=O)O. The summed E-state index contributed by atoms with van der Waals surface area (Å²) < 4.78 is 18.0. The van der Waals surface area contributed by atoms with Gasteiger partial charge >= 0.3 is 11.1 Å². The molecule has 4 atom stereocenters. The van der Waals surface area contributed by atoms with E-state index in [4.69, 9.17) is 19.4 Å². The Morgan fingerprint density at radius 3 is 2.85 bits per heavy atom. The predicted octanol–water partition coefficient (Wildman–Crippen LogP) is 3.82. The zero-order valence-electron chi connectivity index (χ0n) is 19.2. The normalized spacial score (nSPS) is 26.8. The molecule has 9 heteroatoms. The lowest BCUT2D eigenvalue weighted by Crippen LogP contribution is -2.58. The van der Waals surface area contributed by atoms with Crippen LogP contribution in [-0.2, 0) is 25.6 Å². The molecule has 1 saturated carbocycles. The summed E-state index contributed by atoms with van der Waals surface area (Å²) in [5.41, 5.74) is 1.31. The van der Waals surface area contributed by atoms with E-state index in [2.05, 4.69) is 11.8 Å². The van der Waals surface area contributed by atoms with E-state index < -0.39 is 16.8 Å². The highest BCUT2D eigenvalue weighted by Crippen LogP contribution is 2.61. The Bertz CT molecular complexity index is 931. The summed E-state index contributed by atoms with van der Waals surface area (Å²) in [6.45, 7) is 2.16. The number of hydrogen-bond acceptors (Lipinski definition) is 7. The van der Waals surface area contributed by atoms with Crippen molar-refractivity contribution in [3.8, 4) is 11.5 Å². The van der Waals surface area contributed by atoms with E-state index in [1.165, 1.54) is 0 Å². The highest BCUT2D eigenvalue weighted by Gasteiger charge is 2.63. The maximum Gasteiger partial charge on any atom is 0.475 e. The van der Waals surface area contributed by atoms with Crippen LogP contribution < -0.4 is 9.47 Å². The summed E-state index contributed by atoms with van der Waals surface area (Å²) in [5.74, 6) is 0.689. The van der Waals surface area contributed by atoms with Crippen molar-refractivity contribution in [1.82, 2.24) is 0 Å². The van der Waals surface area contributed by atoms with E-state index in [-0.39, 0.29) is 36.6 Å². The molecular weight excluding hydrogens is 430 g/mol. The molecule has 0 radical (unpaired) electrons. The predicted molar refractivity (Wildman–Crippen MR) is 115 cm³/mol. The molecule has 0 saturated heterocycles. The summed E-state index contributed by atoms with van der Waals surface area (Å²) >= 11 is 0. The van der Waals surface area contributed by atoms with Crippen molar-refractivity contribution in [2.75, 3.05) is 13.7 Å². The fourth-order valence-corrected chi connectivity index (χ4v) is 5.80. The summed E-state index contributed by atoms with van der Waals surface area (Å²) in [7, 11) is 1.58. The fraction of sp³-hybridized carbons (Fsp3) is 0.667. The average Bonchev–Trinajstić information content (AvgIpc) is 3.21. The van der Waals surface area contributed by atoms with Gasteiger partial charge in [0, 0.05) is 24.3 Å². The van der Waals surface area contributed by atoms with Crippen LogP contribution in [0.5, 0.6) is 11.5 Å². The molecule has 0 bridgehead atoms. The number of benzene rings is 1. The number of carbonyl (C=O) groups excluding carboxylic acids is 2. The minimum atomic E-state index is -0.789. The second-order valence-corrected chi connectivity index (χ2v) is 9.15. The van der Waals surface area contributed by atoms with Gasteiger partial charge in [-0.2, -0.15) is 4.84 Å². The number of Topliss-reactive ketones (excluding diaryl/α,β-unsaturated/α-hetero) is 1. The maximum atomic E-state index is 13.0. The molecule has 2 unspecified atom stereocenters. The molecule has 2 aliphatic carbocycles. The summed E-state index contributed by atoms with van der Waals surface area (Å²) in [6, 6.07) is 3.94. The minimum absolute atomic E-state index is 0.0150. The van der Waals surface area contributed by atoms with Crippen LogP contribution in [0.1, 0.15) is 75.3 Å². The Labute approximate surface area is 192 Å². The highest BCUT2D eigenvalue weighted by atomic mass is 16.9. The topological polar surface area (TPSA) is 111 Å². The molecule has 1 aromatic carbocycles. The van der Waals surface area contributed by atoms with E-state index >= 15 is 0 Å². The smallest absolute Gasteiger partial charge is 0.475 e. The van der Waals surface area contributed by atoms with Crippen molar-refractivity contribution in [3.05, 3.63) is 28.2 Å². The lowest BCUT2D eigenvalue weighted by atomic mass is 9.58. The number of rotatable bonds is 11. The third kappa shape index (κ3) is 4.25. The quantitative estimate of drug-likeness (QED) is 0.300. The molecule has 180 valence electrons. The fourth-order valence-electron chi connectivity index (χ4n) is 5.80. The molecule has 33 heavy (non-hydrogen) atoms. The molecule has 0 aromatic heterocycles. The second kappa shape index (κ2) is 9.57. The van der Waals surface area contributed by atoms with Crippen molar-refractivity contribution >= 4 is 11.8 Å². The van der Waals surface area contributed by atoms with Crippen molar-refractivity contribution < 1.29 is 38.9 Å². The first kappa shape index (κ1) is 23.3. The highest BCUT2D eigenvalue weighted by molar-refractivity contribution is 5.88. The van der Waals surface area contributed by atoms with Gasteiger partial charge in [-0.25, -0.2) is 5.21 Å². The summed E-state index contributed by atoms with van der Waals surface area (Å²) in [5, 5.41) is 7.91. The number of esters is 1. The minimum Gasteiger partial charge on any atom is -0.493 e. The van der Waals surface area contributed by atoms with E-state index in [1.807, 2.05) is 12.1 Å². The molecule has 1 aliphatic heterocycles. The van der Waals surface area contributed by atoms with Crippen LogP contribution in [0, 0.1) is 10.8 Å².